The number of hydrogen-bond donors (Lipinski definition) is 0. The van der Waals surface area contributed by atoms with Crippen molar-refractivity contribution in [3.63, 3.8) is 0 Å². The Bertz CT molecular complexity index is 392. The van der Waals surface area contributed by atoms with E-state index < -0.39 is 0 Å². The second kappa shape index (κ2) is 5.21. The van der Waals surface area contributed by atoms with Crippen molar-refractivity contribution in [1.29, 1.82) is 0 Å². The fourth-order valence-corrected chi connectivity index (χ4v) is 1.82. The van der Waals surface area contributed by atoms with E-state index in [1.54, 1.807) is 0 Å². The number of halogens is 1. The van der Waals surface area contributed by atoms with Crippen LogP contribution in [-0.4, -0.2) is 24.3 Å². The van der Waals surface area contributed by atoms with Crippen LogP contribution in [0.2, 0.25) is 0 Å². The minimum Gasteiger partial charge on any atom is -0.493 e. The van der Waals surface area contributed by atoms with E-state index in [1.807, 2.05) is 31.2 Å². The van der Waals surface area contributed by atoms with Gasteiger partial charge in [-0.2, -0.15) is 0 Å². The zero-order chi connectivity index (χ0) is 11.4. The minimum atomic E-state index is -0.00801. The van der Waals surface area contributed by atoms with E-state index in [0.29, 0.717) is 12.5 Å². The largest absolute Gasteiger partial charge is 0.493 e. The molecule has 1 aliphatic rings. The summed E-state index contributed by atoms with van der Waals surface area (Å²) in [6.07, 6.45) is 0.736. The molecule has 0 aliphatic carbocycles. The van der Waals surface area contributed by atoms with E-state index >= 15 is 0 Å². The molecule has 0 amide bonds. The molecular weight excluding hydrogens is 226 g/mol. The summed E-state index contributed by atoms with van der Waals surface area (Å²) in [5, 5.41) is 4.05. The zero-order valence-corrected chi connectivity index (χ0v) is 9.91. The lowest BCUT2D eigenvalue weighted by Gasteiger charge is -2.08. The summed E-state index contributed by atoms with van der Waals surface area (Å²) in [5.74, 6) is 1.31. The number of benzene rings is 1. The van der Waals surface area contributed by atoms with Crippen molar-refractivity contribution in [2.24, 2.45) is 5.16 Å². The Morgan fingerprint density at radius 1 is 1.50 bits per heavy atom. The average Bonchev–Trinajstić information content (AvgIpc) is 2.79. The van der Waals surface area contributed by atoms with Crippen LogP contribution in [0.3, 0.4) is 0 Å². The van der Waals surface area contributed by atoms with Gasteiger partial charge in [-0.3, -0.25) is 0 Å². The van der Waals surface area contributed by atoms with E-state index in [4.69, 9.17) is 21.2 Å². The number of rotatable bonds is 4. The third kappa shape index (κ3) is 2.30. The Morgan fingerprint density at radius 2 is 2.31 bits per heavy atom. The average molecular weight is 240 g/mol. The molecule has 0 radical (unpaired) electrons. The van der Waals surface area contributed by atoms with E-state index in [2.05, 4.69) is 5.16 Å². The van der Waals surface area contributed by atoms with E-state index in [0.717, 1.165) is 23.4 Å². The first-order valence-corrected chi connectivity index (χ1v) is 5.89. The van der Waals surface area contributed by atoms with Crippen molar-refractivity contribution in [2.45, 2.75) is 19.4 Å². The standard InChI is InChI=1S/C12H14ClNO2/c1-2-15-12-6-4-3-5-10(12)11-7-9(8-13)16-14-11/h3-6,9H,2,7-8H2,1H3. The van der Waals surface area contributed by atoms with E-state index in [-0.39, 0.29) is 6.10 Å². The van der Waals surface area contributed by atoms with Gasteiger partial charge in [-0.1, -0.05) is 17.3 Å². The number of para-hydroxylation sites is 1. The summed E-state index contributed by atoms with van der Waals surface area (Å²) in [7, 11) is 0. The lowest BCUT2D eigenvalue weighted by molar-refractivity contribution is 0.102. The highest BCUT2D eigenvalue weighted by Gasteiger charge is 2.23. The fraction of sp³-hybridized carbons (Fsp3) is 0.417. The number of ether oxygens (including phenoxy) is 1. The van der Waals surface area contributed by atoms with Crippen LogP contribution in [0.15, 0.2) is 29.4 Å². The van der Waals surface area contributed by atoms with Crippen LogP contribution in [-0.2, 0) is 4.84 Å². The van der Waals surface area contributed by atoms with Crippen molar-refractivity contribution >= 4 is 17.3 Å². The lowest BCUT2D eigenvalue weighted by Crippen LogP contribution is -2.10. The molecule has 2 rings (SSSR count). The lowest BCUT2D eigenvalue weighted by atomic mass is 10.0. The Morgan fingerprint density at radius 3 is 3.00 bits per heavy atom. The summed E-state index contributed by atoms with van der Waals surface area (Å²) in [6.45, 7) is 2.61. The molecular formula is C12H14ClNO2. The molecule has 0 saturated heterocycles. The third-order valence-electron chi connectivity index (χ3n) is 2.40. The molecule has 0 fully saturated rings. The Labute approximate surface area is 100.0 Å². The Kier molecular flexibility index (Phi) is 3.67. The van der Waals surface area contributed by atoms with Crippen LogP contribution in [0.25, 0.3) is 0 Å². The van der Waals surface area contributed by atoms with Gasteiger partial charge in [-0.15, -0.1) is 11.6 Å². The minimum absolute atomic E-state index is 0.00801. The van der Waals surface area contributed by atoms with Crippen molar-refractivity contribution in [3.8, 4) is 5.75 Å². The maximum atomic E-state index is 5.73. The number of nitrogens with zero attached hydrogens (tertiary/aromatic N) is 1. The van der Waals surface area contributed by atoms with Gasteiger partial charge >= 0.3 is 0 Å². The van der Waals surface area contributed by atoms with Crippen LogP contribution in [0.1, 0.15) is 18.9 Å². The molecule has 0 saturated carbocycles. The van der Waals surface area contributed by atoms with Gasteiger partial charge in [0, 0.05) is 12.0 Å². The first-order chi connectivity index (χ1) is 7.85. The number of oxime groups is 1. The smallest absolute Gasteiger partial charge is 0.146 e. The zero-order valence-electron chi connectivity index (χ0n) is 9.15. The molecule has 4 heteroatoms. The van der Waals surface area contributed by atoms with Gasteiger partial charge in [-0.25, -0.2) is 0 Å². The second-order valence-corrected chi connectivity index (χ2v) is 3.86. The maximum Gasteiger partial charge on any atom is 0.146 e. The summed E-state index contributed by atoms with van der Waals surface area (Å²) in [6, 6.07) is 7.84. The number of alkyl halides is 1. The molecule has 16 heavy (non-hydrogen) atoms. The molecule has 1 heterocycles. The van der Waals surface area contributed by atoms with Gasteiger partial charge in [0.05, 0.1) is 18.2 Å². The first-order valence-electron chi connectivity index (χ1n) is 5.36. The van der Waals surface area contributed by atoms with Crippen LogP contribution < -0.4 is 4.74 Å². The molecule has 0 N–H and O–H groups in total. The van der Waals surface area contributed by atoms with Gasteiger partial charge in [0.2, 0.25) is 0 Å². The molecule has 1 aliphatic heterocycles. The highest BCUT2D eigenvalue weighted by Crippen LogP contribution is 2.25. The normalized spacial score (nSPS) is 19.1. The Hall–Kier alpha value is -1.22. The second-order valence-electron chi connectivity index (χ2n) is 3.55. The van der Waals surface area contributed by atoms with Crippen LogP contribution in [0, 0.1) is 0 Å². The predicted molar refractivity (Wildman–Crippen MR) is 64.4 cm³/mol. The van der Waals surface area contributed by atoms with Gasteiger partial charge in [0.15, 0.2) is 0 Å². The maximum absolute atomic E-state index is 5.73. The molecule has 86 valence electrons. The van der Waals surface area contributed by atoms with Crippen molar-refractivity contribution in [1.82, 2.24) is 0 Å². The molecule has 0 bridgehead atoms. The summed E-state index contributed by atoms with van der Waals surface area (Å²) in [5.41, 5.74) is 1.91. The van der Waals surface area contributed by atoms with E-state index in [9.17, 15) is 0 Å². The van der Waals surface area contributed by atoms with Crippen LogP contribution in [0.4, 0.5) is 0 Å². The van der Waals surface area contributed by atoms with E-state index in [1.165, 1.54) is 0 Å². The Balaban J connectivity index is 2.20. The van der Waals surface area contributed by atoms with Gasteiger partial charge in [0.1, 0.15) is 11.9 Å². The van der Waals surface area contributed by atoms with Crippen LogP contribution in [0.5, 0.6) is 5.75 Å². The third-order valence-corrected chi connectivity index (χ3v) is 2.75. The summed E-state index contributed by atoms with van der Waals surface area (Å²) >= 11 is 5.73. The topological polar surface area (TPSA) is 30.8 Å². The first kappa shape index (κ1) is 11.3. The molecule has 0 spiro atoms. The number of hydrogen-bond acceptors (Lipinski definition) is 3. The molecule has 1 atom stereocenters. The van der Waals surface area contributed by atoms with Crippen molar-refractivity contribution < 1.29 is 9.57 Å². The molecule has 0 aromatic heterocycles. The highest BCUT2D eigenvalue weighted by molar-refractivity contribution is 6.18. The van der Waals surface area contributed by atoms with Gasteiger partial charge in [0.25, 0.3) is 0 Å². The highest BCUT2D eigenvalue weighted by atomic mass is 35.5. The van der Waals surface area contributed by atoms with Gasteiger partial charge in [-0.05, 0) is 19.1 Å². The predicted octanol–water partition coefficient (Wildman–Crippen LogP) is 2.82. The van der Waals surface area contributed by atoms with Gasteiger partial charge < -0.3 is 9.57 Å². The summed E-state index contributed by atoms with van der Waals surface area (Å²) < 4.78 is 5.55. The van der Waals surface area contributed by atoms with Crippen LogP contribution >= 0.6 is 11.6 Å². The molecule has 3 nitrogen and oxygen atoms in total. The fourth-order valence-electron chi connectivity index (χ4n) is 1.66. The SMILES string of the molecule is CCOc1ccccc1C1=NOC(CCl)C1. The van der Waals surface area contributed by atoms with Crippen molar-refractivity contribution in [3.05, 3.63) is 29.8 Å². The molecule has 1 aromatic rings. The summed E-state index contributed by atoms with van der Waals surface area (Å²) in [4.78, 5) is 5.20. The molecule has 1 unspecified atom stereocenters. The quantitative estimate of drug-likeness (QED) is 0.757. The molecule has 1 aromatic carbocycles. The monoisotopic (exact) mass is 239 g/mol. The van der Waals surface area contributed by atoms with Crippen molar-refractivity contribution in [2.75, 3.05) is 12.5 Å².